The fraction of sp³-hybridized carbons (Fsp3) is 0.357. The fourth-order valence-electron chi connectivity index (χ4n) is 2.62. The van der Waals surface area contributed by atoms with Gasteiger partial charge in [-0.1, -0.05) is 19.1 Å². The predicted molar refractivity (Wildman–Crippen MR) is 73.4 cm³/mol. The van der Waals surface area contributed by atoms with Crippen molar-refractivity contribution >= 4 is 22.9 Å². The molecule has 1 N–H and O–H groups in total. The number of piperidine rings is 1. The van der Waals surface area contributed by atoms with Gasteiger partial charge in [0.25, 0.3) is 0 Å². The van der Waals surface area contributed by atoms with Gasteiger partial charge >= 0.3 is 5.76 Å². The SMILES string of the molecule is CCc1cccc2c1oc(=O)n2C1CCC(=O)NC1=O.[HH]. The summed E-state index contributed by atoms with van der Waals surface area (Å²) in [5.74, 6) is -1.32. The molecule has 0 bridgehead atoms. The largest absolute Gasteiger partial charge is 0.420 e. The van der Waals surface area contributed by atoms with Crippen LogP contribution in [0.5, 0.6) is 0 Å². The zero-order chi connectivity index (χ0) is 14.3. The molecule has 1 aromatic heterocycles. The predicted octanol–water partition coefficient (Wildman–Crippen LogP) is 1.38. The minimum absolute atomic E-state index is 0. The van der Waals surface area contributed by atoms with Crippen LogP contribution < -0.4 is 11.1 Å². The lowest BCUT2D eigenvalue weighted by Gasteiger charge is -2.21. The summed E-state index contributed by atoms with van der Waals surface area (Å²) >= 11 is 0. The van der Waals surface area contributed by atoms with E-state index in [1.54, 1.807) is 6.07 Å². The maximum Gasteiger partial charge on any atom is 0.420 e. The Hall–Kier alpha value is -2.37. The van der Waals surface area contributed by atoms with Gasteiger partial charge in [0, 0.05) is 7.85 Å². The molecule has 6 heteroatoms. The highest BCUT2D eigenvalue weighted by atomic mass is 16.4. The van der Waals surface area contributed by atoms with E-state index in [4.69, 9.17) is 4.42 Å². The number of aryl methyl sites for hydroxylation is 1. The van der Waals surface area contributed by atoms with Gasteiger partial charge in [-0.25, -0.2) is 4.79 Å². The van der Waals surface area contributed by atoms with E-state index >= 15 is 0 Å². The van der Waals surface area contributed by atoms with Crippen LogP contribution in [0.1, 0.15) is 32.8 Å². The number of carbonyl (C=O) groups excluding carboxylic acids is 2. The first-order valence-electron chi connectivity index (χ1n) is 6.58. The van der Waals surface area contributed by atoms with Crippen molar-refractivity contribution in [2.75, 3.05) is 0 Å². The van der Waals surface area contributed by atoms with E-state index in [0.29, 0.717) is 17.5 Å². The number of oxazole rings is 1. The highest BCUT2D eigenvalue weighted by molar-refractivity contribution is 6.00. The van der Waals surface area contributed by atoms with Crippen molar-refractivity contribution in [2.24, 2.45) is 0 Å². The van der Waals surface area contributed by atoms with E-state index in [1.807, 2.05) is 19.1 Å². The summed E-state index contributed by atoms with van der Waals surface area (Å²) in [5.41, 5.74) is 2.04. The minimum Gasteiger partial charge on any atom is -0.407 e. The van der Waals surface area contributed by atoms with Crippen LogP contribution in [0.15, 0.2) is 27.4 Å². The molecule has 0 radical (unpaired) electrons. The van der Waals surface area contributed by atoms with E-state index < -0.39 is 17.7 Å². The Balaban J connectivity index is 0.00000161. The molecule has 2 amide bonds. The summed E-state index contributed by atoms with van der Waals surface area (Å²) in [6.45, 7) is 1.97. The quantitative estimate of drug-likeness (QED) is 0.840. The molecule has 1 aliphatic rings. The molecule has 20 heavy (non-hydrogen) atoms. The molecule has 1 aromatic carbocycles. The molecular weight excluding hydrogens is 260 g/mol. The molecule has 6 nitrogen and oxygen atoms in total. The van der Waals surface area contributed by atoms with E-state index in [0.717, 1.165) is 12.0 Å². The van der Waals surface area contributed by atoms with Crippen molar-refractivity contribution in [1.29, 1.82) is 0 Å². The first kappa shape index (κ1) is 12.7. The van der Waals surface area contributed by atoms with Crippen LogP contribution in [-0.4, -0.2) is 16.4 Å². The van der Waals surface area contributed by atoms with E-state index in [2.05, 4.69) is 5.32 Å². The summed E-state index contributed by atoms with van der Waals surface area (Å²) < 4.78 is 6.64. The third kappa shape index (κ3) is 1.84. The normalized spacial score (nSPS) is 19.4. The van der Waals surface area contributed by atoms with Crippen molar-refractivity contribution in [3.8, 4) is 0 Å². The number of benzene rings is 1. The second-order valence-electron chi connectivity index (χ2n) is 4.82. The molecular formula is C14H16N2O4. The highest BCUT2D eigenvalue weighted by Crippen LogP contribution is 2.25. The first-order chi connectivity index (χ1) is 9.61. The third-order valence-electron chi connectivity index (χ3n) is 3.62. The number of nitrogens with zero attached hydrogens (tertiary/aromatic N) is 1. The molecule has 0 aliphatic carbocycles. The van der Waals surface area contributed by atoms with E-state index in [9.17, 15) is 14.4 Å². The zero-order valence-electron chi connectivity index (χ0n) is 11.0. The Labute approximate surface area is 115 Å². The molecule has 1 saturated heterocycles. The van der Waals surface area contributed by atoms with Gasteiger partial charge in [-0.15, -0.1) is 0 Å². The van der Waals surface area contributed by atoms with Gasteiger partial charge in [0.1, 0.15) is 6.04 Å². The number of imide groups is 1. The van der Waals surface area contributed by atoms with Gasteiger partial charge in [-0.2, -0.15) is 0 Å². The Kier molecular flexibility index (Phi) is 2.93. The van der Waals surface area contributed by atoms with Gasteiger partial charge in [0.05, 0.1) is 5.52 Å². The Bertz CT molecular complexity index is 762. The molecule has 3 rings (SSSR count). The number of nitrogens with one attached hydrogen (secondary N) is 1. The summed E-state index contributed by atoms with van der Waals surface area (Å²) in [6.07, 6.45) is 1.28. The monoisotopic (exact) mass is 276 g/mol. The molecule has 0 saturated carbocycles. The lowest BCUT2D eigenvalue weighted by molar-refractivity contribution is -0.135. The topological polar surface area (TPSA) is 81.3 Å². The second-order valence-corrected chi connectivity index (χ2v) is 4.82. The summed E-state index contributed by atoms with van der Waals surface area (Å²) in [6, 6.07) is 4.79. The minimum atomic E-state index is -0.687. The van der Waals surface area contributed by atoms with E-state index in [-0.39, 0.29) is 13.8 Å². The molecule has 2 heterocycles. The standard InChI is InChI=1S/C14H14N2O4.H2/c1-2-8-4-3-5-9-12(8)20-14(19)16(9)10-6-7-11(17)15-13(10)18;/h3-5,10H,2,6-7H2,1H3,(H,15,17,18);1H. The number of rotatable bonds is 2. The summed E-state index contributed by atoms with van der Waals surface area (Å²) in [7, 11) is 0. The molecule has 106 valence electrons. The first-order valence-corrected chi connectivity index (χ1v) is 6.58. The maximum absolute atomic E-state index is 12.1. The molecule has 1 unspecified atom stereocenters. The third-order valence-corrected chi connectivity index (χ3v) is 3.62. The van der Waals surface area contributed by atoms with Crippen LogP contribution in [0.3, 0.4) is 0 Å². The van der Waals surface area contributed by atoms with Crippen LogP contribution >= 0.6 is 0 Å². The summed E-state index contributed by atoms with van der Waals surface area (Å²) in [4.78, 5) is 35.2. The zero-order valence-corrected chi connectivity index (χ0v) is 11.0. The number of para-hydroxylation sites is 1. The maximum atomic E-state index is 12.1. The molecule has 2 aromatic rings. The van der Waals surface area contributed by atoms with Crippen molar-refractivity contribution in [3.63, 3.8) is 0 Å². The Morgan fingerprint density at radius 3 is 2.90 bits per heavy atom. The number of hydrogen-bond donors (Lipinski definition) is 1. The van der Waals surface area contributed by atoms with Gasteiger partial charge in [-0.3, -0.25) is 19.5 Å². The molecule has 1 fully saturated rings. The molecule has 0 spiro atoms. The van der Waals surface area contributed by atoms with Crippen molar-refractivity contribution in [2.45, 2.75) is 32.2 Å². The Morgan fingerprint density at radius 1 is 1.40 bits per heavy atom. The van der Waals surface area contributed by atoms with Crippen molar-refractivity contribution < 1.29 is 15.4 Å². The Morgan fingerprint density at radius 2 is 2.20 bits per heavy atom. The van der Waals surface area contributed by atoms with Crippen LogP contribution in [0.2, 0.25) is 0 Å². The van der Waals surface area contributed by atoms with Gasteiger partial charge in [0.2, 0.25) is 11.8 Å². The lowest BCUT2D eigenvalue weighted by Crippen LogP contribution is -2.43. The summed E-state index contributed by atoms with van der Waals surface area (Å²) in [5, 5.41) is 2.26. The van der Waals surface area contributed by atoms with Crippen LogP contribution in [-0.2, 0) is 16.0 Å². The average Bonchev–Trinajstić information content (AvgIpc) is 2.75. The van der Waals surface area contributed by atoms with Crippen LogP contribution in [0, 0.1) is 0 Å². The van der Waals surface area contributed by atoms with Crippen molar-refractivity contribution in [3.05, 3.63) is 34.3 Å². The highest BCUT2D eigenvalue weighted by Gasteiger charge is 2.31. The van der Waals surface area contributed by atoms with Gasteiger partial charge in [0.15, 0.2) is 5.58 Å². The van der Waals surface area contributed by atoms with Gasteiger partial charge < -0.3 is 4.42 Å². The van der Waals surface area contributed by atoms with Crippen LogP contribution in [0.4, 0.5) is 0 Å². The number of aromatic nitrogens is 1. The molecule has 1 atom stereocenters. The van der Waals surface area contributed by atoms with Gasteiger partial charge in [-0.05, 0) is 24.5 Å². The molecule has 1 aliphatic heterocycles. The second kappa shape index (κ2) is 4.63. The van der Waals surface area contributed by atoms with E-state index in [1.165, 1.54) is 4.57 Å². The number of fused-ring (bicyclic) bond motifs is 1. The average molecular weight is 276 g/mol. The fourth-order valence-corrected chi connectivity index (χ4v) is 2.62. The van der Waals surface area contributed by atoms with Crippen LogP contribution in [0.25, 0.3) is 11.1 Å². The van der Waals surface area contributed by atoms with Crippen molar-refractivity contribution in [1.82, 2.24) is 9.88 Å². The number of carbonyl (C=O) groups is 2. The lowest BCUT2D eigenvalue weighted by atomic mass is 10.1. The number of hydrogen-bond acceptors (Lipinski definition) is 4. The smallest absolute Gasteiger partial charge is 0.407 e. The number of amides is 2.